The van der Waals surface area contributed by atoms with Gasteiger partial charge in [-0.25, -0.2) is 4.98 Å². The van der Waals surface area contributed by atoms with Crippen molar-refractivity contribution < 1.29 is 4.92 Å². The second kappa shape index (κ2) is 5.93. The number of benzene rings is 1. The Morgan fingerprint density at radius 2 is 2.33 bits per heavy atom. The van der Waals surface area contributed by atoms with E-state index in [-0.39, 0.29) is 5.69 Å². The van der Waals surface area contributed by atoms with E-state index >= 15 is 0 Å². The van der Waals surface area contributed by atoms with E-state index in [1.54, 1.807) is 6.07 Å². The Balaban J connectivity index is 1.76. The molecule has 0 bridgehead atoms. The zero-order valence-corrected chi connectivity index (χ0v) is 12.7. The van der Waals surface area contributed by atoms with Crippen LogP contribution in [0.2, 0.25) is 0 Å². The van der Waals surface area contributed by atoms with Gasteiger partial charge in [0.1, 0.15) is 0 Å². The smallest absolute Gasteiger partial charge is 0.271 e. The zero-order chi connectivity index (χ0) is 14.8. The number of aromatic nitrogens is 2. The summed E-state index contributed by atoms with van der Waals surface area (Å²) in [5.74, 6) is 0.706. The first-order valence-electron chi connectivity index (χ1n) is 7.09. The second-order valence-electron chi connectivity index (χ2n) is 5.41. The highest BCUT2D eigenvalue weighted by Gasteiger charge is 2.22. The molecule has 2 aromatic rings. The van der Waals surface area contributed by atoms with Gasteiger partial charge in [0.25, 0.3) is 5.69 Å². The molecule has 1 aromatic heterocycles. The van der Waals surface area contributed by atoms with Gasteiger partial charge in [-0.1, -0.05) is 6.42 Å². The van der Waals surface area contributed by atoms with Gasteiger partial charge in [0.15, 0.2) is 0 Å². The van der Waals surface area contributed by atoms with Crippen LogP contribution in [0.4, 0.5) is 11.6 Å². The van der Waals surface area contributed by atoms with E-state index in [1.807, 2.05) is 11.8 Å². The molecule has 1 aromatic carbocycles. The summed E-state index contributed by atoms with van der Waals surface area (Å²) in [5.41, 5.74) is 1.53. The molecule has 0 amide bonds. The van der Waals surface area contributed by atoms with Crippen LogP contribution in [0.15, 0.2) is 18.2 Å². The minimum absolute atomic E-state index is 0.0813. The lowest BCUT2D eigenvalue weighted by Gasteiger charge is -2.28. The molecule has 1 aliphatic rings. The summed E-state index contributed by atoms with van der Waals surface area (Å²) in [6, 6.07) is 5.11. The summed E-state index contributed by atoms with van der Waals surface area (Å²) in [4.78, 5) is 18.0. The molecule has 2 unspecified atom stereocenters. The lowest BCUT2D eigenvalue weighted by atomic mass is 9.95. The van der Waals surface area contributed by atoms with Crippen molar-refractivity contribution in [3.8, 4) is 0 Å². The molecule has 7 heteroatoms. The Bertz CT molecular complexity index is 657. The van der Waals surface area contributed by atoms with Crippen LogP contribution in [-0.4, -0.2) is 32.4 Å². The van der Waals surface area contributed by atoms with Gasteiger partial charge in [0.05, 0.1) is 16.0 Å². The number of anilines is 1. The van der Waals surface area contributed by atoms with Crippen LogP contribution in [0.5, 0.6) is 0 Å². The minimum Gasteiger partial charge on any atom is -0.353 e. The molecule has 1 aliphatic carbocycles. The second-order valence-corrected chi connectivity index (χ2v) is 6.55. The quantitative estimate of drug-likeness (QED) is 0.666. The molecule has 0 aliphatic heterocycles. The van der Waals surface area contributed by atoms with Crippen LogP contribution in [0, 0.1) is 10.1 Å². The van der Waals surface area contributed by atoms with E-state index in [9.17, 15) is 10.1 Å². The highest BCUT2D eigenvalue weighted by molar-refractivity contribution is 7.99. The van der Waals surface area contributed by atoms with Crippen molar-refractivity contribution in [2.45, 2.75) is 37.0 Å². The SMILES string of the molecule is CSC1CCCC(Nc2nc3ccc([N+](=O)[O-])cc3[nH]2)C1. The molecular weight excluding hydrogens is 288 g/mol. The number of nitrogens with one attached hydrogen (secondary N) is 2. The summed E-state index contributed by atoms with van der Waals surface area (Å²) in [6.07, 6.45) is 6.96. The van der Waals surface area contributed by atoms with Gasteiger partial charge in [-0.2, -0.15) is 11.8 Å². The summed E-state index contributed by atoms with van der Waals surface area (Å²) >= 11 is 1.92. The van der Waals surface area contributed by atoms with Gasteiger partial charge in [0.2, 0.25) is 5.95 Å². The van der Waals surface area contributed by atoms with Crippen LogP contribution < -0.4 is 5.32 Å². The van der Waals surface area contributed by atoms with Crippen LogP contribution in [0.25, 0.3) is 11.0 Å². The lowest BCUT2D eigenvalue weighted by molar-refractivity contribution is -0.384. The predicted molar refractivity (Wildman–Crippen MR) is 85.9 cm³/mol. The molecule has 0 spiro atoms. The predicted octanol–water partition coefficient (Wildman–Crippen LogP) is 3.56. The Morgan fingerprint density at radius 1 is 1.48 bits per heavy atom. The van der Waals surface area contributed by atoms with Crippen LogP contribution >= 0.6 is 11.8 Å². The maximum Gasteiger partial charge on any atom is 0.271 e. The van der Waals surface area contributed by atoms with E-state index in [0.29, 0.717) is 22.8 Å². The number of nitro groups is 1. The summed E-state index contributed by atoms with van der Waals surface area (Å²) in [7, 11) is 0. The minimum atomic E-state index is -0.391. The van der Waals surface area contributed by atoms with Crippen molar-refractivity contribution in [2.75, 3.05) is 11.6 Å². The highest BCUT2D eigenvalue weighted by atomic mass is 32.2. The fourth-order valence-corrected chi connectivity index (χ4v) is 3.69. The molecule has 0 radical (unpaired) electrons. The van der Waals surface area contributed by atoms with Crippen molar-refractivity contribution in [3.05, 3.63) is 28.3 Å². The zero-order valence-electron chi connectivity index (χ0n) is 11.8. The average molecular weight is 306 g/mol. The number of nitrogens with zero attached hydrogens (tertiary/aromatic N) is 2. The summed E-state index contributed by atoms with van der Waals surface area (Å²) in [6.45, 7) is 0. The molecule has 6 nitrogen and oxygen atoms in total. The highest BCUT2D eigenvalue weighted by Crippen LogP contribution is 2.29. The topological polar surface area (TPSA) is 83.8 Å². The molecule has 112 valence electrons. The number of non-ortho nitro benzene ring substituents is 1. The molecule has 2 atom stereocenters. The number of hydrogen-bond acceptors (Lipinski definition) is 5. The van der Waals surface area contributed by atoms with Crippen LogP contribution in [0.3, 0.4) is 0 Å². The molecule has 2 N–H and O–H groups in total. The first-order valence-corrected chi connectivity index (χ1v) is 8.38. The Kier molecular flexibility index (Phi) is 4.01. The number of thioether (sulfide) groups is 1. The fourth-order valence-electron chi connectivity index (χ4n) is 2.86. The number of imidazole rings is 1. The third-order valence-corrected chi connectivity index (χ3v) is 5.07. The number of rotatable bonds is 4. The van der Waals surface area contributed by atoms with Crippen molar-refractivity contribution in [1.29, 1.82) is 0 Å². The first kappa shape index (κ1) is 14.2. The molecule has 1 saturated carbocycles. The third kappa shape index (κ3) is 3.12. The molecule has 3 rings (SSSR count). The number of fused-ring (bicyclic) bond motifs is 1. The summed E-state index contributed by atoms with van der Waals surface area (Å²) < 4.78 is 0. The van der Waals surface area contributed by atoms with Gasteiger partial charge in [-0.15, -0.1) is 0 Å². The Hall–Kier alpha value is -1.76. The van der Waals surface area contributed by atoms with E-state index in [4.69, 9.17) is 0 Å². The Morgan fingerprint density at radius 3 is 3.10 bits per heavy atom. The number of H-pyrrole nitrogens is 1. The van der Waals surface area contributed by atoms with Crippen LogP contribution in [0.1, 0.15) is 25.7 Å². The van der Waals surface area contributed by atoms with Gasteiger partial charge in [-0.05, 0) is 31.6 Å². The monoisotopic (exact) mass is 306 g/mol. The van der Waals surface area contributed by atoms with E-state index in [1.165, 1.54) is 25.0 Å². The van der Waals surface area contributed by atoms with Gasteiger partial charge < -0.3 is 10.3 Å². The van der Waals surface area contributed by atoms with Crippen molar-refractivity contribution in [1.82, 2.24) is 9.97 Å². The number of aromatic amines is 1. The van der Waals surface area contributed by atoms with Gasteiger partial charge in [-0.3, -0.25) is 10.1 Å². The van der Waals surface area contributed by atoms with Gasteiger partial charge in [0, 0.05) is 23.4 Å². The fraction of sp³-hybridized carbons (Fsp3) is 0.500. The Labute approximate surface area is 126 Å². The summed E-state index contributed by atoms with van der Waals surface area (Å²) in [5, 5.41) is 14.9. The lowest BCUT2D eigenvalue weighted by Crippen LogP contribution is -2.28. The number of hydrogen-bond donors (Lipinski definition) is 2. The van der Waals surface area contributed by atoms with E-state index in [2.05, 4.69) is 21.5 Å². The first-order chi connectivity index (χ1) is 10.2. The average Bonchev–Trinajstić information content (AvgIpc) is 2.88. The van der Waals surface area contributed by atoms with E-state index in [0.717, 1.165) is 18.4 Å². The normalized spacial score (nSPS) is 22.3. The maximum atomic E-state index is 10.8. The molecule has 1 heterocycles. The van der Waals surface area contributed by atoms with Crippen molar-refractivity contribution >= 4 is 34.4 Å². The molecule has 21 heavy (non-hydrogen) atoms. The molecule has 1 fully saturated rings. The largest absolute Gasteiger partial charge is 0.353 e. The van der Waals surface area contributed by atoms with Gasteiger partial charge >= 0.3 is 0 Å². The number of nitro benzene ring substituents is 1. The van der Waals surface area contributed by atoms with Crippen LogP contribution in [-0.2, 0) is 0 Å². The van der Waals surface area contributed by atoms with Crippen molar-refractivity contribution in [3.63, 3.8) is 0 Å². The molecular formula is C14H18N4O2S. The molecule has 0 saturated heterocycles. The third-order valence-electron chi connectivity index (χ3n) is 3.98. The van der Waals surface area contributed by atoms with Crippen molar-refractivity contribution in [2.24, 2.45) is 0 Å². The van der Waals surface area contributed by atoms with E-state index < -0.39 is 4.92 Å². The standard InChI is InChI=1S/C14H18N4O2S/c1-21-11-4-2-3-9(7-11)15-14-16-12-6-5-10(18(19)20)8-13(12)17-14/h5-6,8-9,11H,2-4,7H2,1H3,(H2,15,16,17). The maximum absolute atomic E-state index is 10.8.